The summed E-state index contributed by atoms with van der Waals surface area (Å²) in [5, 5.41) is 5.63. The van der Waals surface area contributed by atoms with E-state index in [-0.39, 0.29) is 11.9 Å². The van der Waals surface area contributed by atoms with Crippen LogP contribution in [-0.2, 0) is 11.0 Å². The van der Waals surface area contributed by atoms with Crippen molar-refractivity contribution in [1.82, 2.24) is 24.0 Å². The fourth-order valence-corrected chi connectivity index (χ4v) is 6.13. The van der Waals surface area contributed by atoms with Crippen molar-refractivity contribution in [2.75, 3.05) is 26.2 Å². The molecule has 2 aromatic heterocycles. The number of fused-ring (bicyclic) bond motifs is 1. The van der Waals surface area contributed by atoms with Gasteiger partial charge in [0.1, 0.15) is 16.8 Å². The number of rotatable bonds is 6. The highest BCUT2D eigenvalue weighted by Gasteiger charge is 2.32. The first-order valence-corrected chi connectivity index (χ1v) is 13.5. The van der Waals surface area contributed by atoms with Crippen LogP contribution in [0.2, 0.25) is 0 Å². The van der Waals surface area contributed by atoms with Gasteiger partial charge in [0.15, 0.2) is 0 Å². The summed E-state index contributed by atoms with van der Waals surface area (Å²) in [5.74, 6) is 0.260. The highest BCUT2D eigenvalue weighted by Crippen LogP contribution is 2.33. The zero-order valence-corrected chi connectivity index (χ0v) is 22.0. The lowest BCUT2D eigenvalue weighted by molar-refractivity contribution is 0.107. The van der Waals surface area contributed by atoms with Crippen molar-refractivity contribution in [2.24, 2.45) is 5.92 Å². The molecule has 0 radical (unpaired) electrons. The summed E-state index contributed by atoms with van der Waals surface area (Å²) >= 11 is 0. The van der Waals surface area contributed by atoms with Crippen LogP contribution < -0.4 is 0 Å². The van der Waals surface area contributed by atoms with Crippen LogP contribution in [0.3, 0.4) is 0 Å². The maximum Gasteiger partial charge on any atom is 0.129 e. The number of benzene rings is 2. The van der Waals surface area contributed by atoms with Crippen molar-refractivity contribution in [2.45, 2.75) is 38.6 Å². The van der Waals surface area contributed by atoms with Crippen LogP contribution in [0.1, 0.15) is 36.7 Å². The molecule has 3 heterocycles. The van der Waals surface area contributed by atoms with E-state index in [9.17, 15) is 8.60 Å². The lowest BCUT2D eigenvalue weighted by Crippen LogP contribution is -2.50. The van der Waals surface area contributed by atoms with Crippen LogP contribution in [0.4, 0.5) is 4.39 Å². The van der Waals surface area contributed by atoms with Crippen molar-refractivity contribution in [3.63, 3.8) is 0 Å². The average molecular weight is 506 g/mol. The van der Waals surface area contributed by atoms with Crippen molar-refractivity contribution in [3.8, 4) is 5.69 Å². The first-order chi connectivity index (χ1) is 17.3. The first kappa shape index (κ1) is 24.7. The van der Waals surface area contributed by atoms with Gasteiger partial charge in [0.05, 0.1) is 22.3 Å². The van der Waals surface area contributed by atoms with Gasteiger partial charge >= 0.3 is 0 Å². The second kappa shape index (κ2) is 10.2. The molecule has 1 aliphatic heterocycles. The van der Waals surface area contributed by atoms with E-state index in [0.717, 1.165) is 52.4 Å². The first-order valence-electron chi connectivity index (χ1n) is 12.4. The van der Waals surface area contributed by atoms with Crippen LogP contribution in [-0.4, -0.2) is 54.4 Å². The lowest BCUT2D eigenvalue weighted by atomic mass is 9.96. The normalized spacial score (nSPS) is 18.2. The van der Waals surface area contributed by atoms with Gasteiger partial charge in [-0.05, 0) is 79.4 Å². The van der Waals surface area contributed by atoms with Gasteiger partial charge < -0.3 is 0 Å². The van der Waals surface area contributed by atoms with Gasteiger partial charge in [-0.1, -0.05) is 13.8 Å². The summed E-state index contributed by atoms with van der Waals surface area (Å²) in [6, 6.07) is 14.7. The van der Waals surface area contributed by atoms with E-state index in [4.69, 9.17) is 0 Å². The number of pyridine rings is 1. The quantitative estimate of drug-likeness (QED) is 0.361. The Morgan fingerprint density at radius 1 is 1.06 bits per heavy atom. The smallest absolute Gasteiger partial charge is 0.129 e. The van der Waals surface area contributed by atoms with E-state index < -0.39 is 11.0 Å². The summed E-state index contributed by atoms with van der Waals surface area (Å²) in [6.45, 7) is 11.8. The Morgan fingerprint density at radius 2 is 1.83 bits per heavy atom. The molecule has 4 aromatic rings. The fraction of sp³-hybridized carbons (Fsp3) is 0.357. The summed E-state index contributed by atoms with van der Waals surface area (Å²) < 4.78 is 30.8. The van der Waals surface area contributed by atoms with Gasteiger partial charge in [-0.15, -0.1) is 0 Å². The maximum atomic E-state index is 13.4. The fourth-order valence-electron chi connectivity index (χ4n) is 4.98. The lowest BCUT2D eigenvalue weighted by Gasteiger charge is -2.42. The molecule has 6 nitrogen and oxygen atoms in total. The summed E-state index contributed by atoms with van der Waals surface area (Å²) in [5.41, 5.74) is 5.12. The van der Waals surface area contributed by atoms with Crippen LogP contribution in [0.25, 0.3) is 16.6 Å². The molecule has 0 aliphatic carbocycles. The summed E-state index contributed by atoms with van der Waals surface area (Å²) in [6.07, 6.45) is 3.59. The molecule has 2 unspecified atom stereocenters. The van der Waals surface area contributed by atoms with Gasteiger partial charge in [-0.3, -0.25) is 9.88 Å². The number of halogens is 1. The highest BCUT2D eigenvalue weighted by molar-refractivity contribution is 7.82. The van der Waals surface area contributed by atoms with Gasteiger partial charge in [0, 0.05) is 49.5 Å². The van der Waals surface area contributed by atoms with Gasteiger partial charge in [-0.2, -0.15) is 5.10 Å². The third-order valence-corrected chi connectivity index (χ3v) is 8.21. The predicted molar refractivity (Wildman–Crippen MR) is 142 cm³/mol. The Balaban J connectivity index is 1.49. The van der Waals surface area contributed by atoms with Gasteiger partial charge in [0.2, 0.25) is 0 Å². The third-order valence-electron chi connectivity index (χ3n) is 6.76. The van der Waals surface area contributed by atoms with Gasteiger partial charge in [-0.25, -0.2) is 17.6 Å². The van der Waals surface area contributed by atoms with Crippen LogP contribution in [0.15, 0.2) is 65.8 Å². The van der Waals surface area contributed by atoms with E-state index in [1.165, 1.54) is 17.7 Å². The number of piperazine rings is 1. The summed E-state index contributed by atoms with van der Waals surface area (Å²) in [7, 11) is -1.26. The average Bonchev–Trinajstić information content (AvgIpc) is 3.26. The minimum absolute atomic E-state index is 0.113. The van der Waals surface area contributed by atoms with Crippen molar-refractivity contribution in [3.05, 3.63) is 83.6 Å². The second-order valence-electron chi connectivity index (χ2n) is 9.98. The molecule has 8 heteroatoms. The molecule has 0 bridgehead atoms. The molecular formula is C28H32FN5OS. The molecule has 188 valence electrons. The van der Waals surface area contributed by atoms with E-state index in [2.05, 4.69) is 52.2 Å². The topological polar surface area (TPSA) is 54.3 Å². The van der Waals surface area contributed by atoms with E-state index >= 15 is 0 Å². The zero-order chi connectivity index (χ0) is 25.4. The maximum absolute atomic E-state index is 13.4. The molecule has 5 rings (SSSR count). The summed E-state index contributed by atoms with van der Waals surface area (Å²) in [4.78, 5) is 7.61. The minimum Gasteiger partial charge on any atom is -0.293 e. The molecule has 0 N–H and O–H groups in total. The van der Waals surface area contributed by atoms with Gasteiger partial charge in [0.25, 0.3) is 0 Å². The number of nitrogens with zero attached hydrogens (tertiary/aromatic N) is 5. The molecule has 0 saturated carbocycles. The SMILES string of the molecule is Cc1ccc(S(=O)N2CCN(CC(C)C)C(c3cc4cnn(-c5ccc(F)cc5)c4cc3C)C2)cn1. The second-order valence-corrected chi connectivity index (χ2v) is 11.5. The zero-order valence-electron chi connectivity index (χ0n) is 21.2. The van der Waals surface area contributed by atoms with E-state index in [1.807, 2.05) is 29.9 Å². The Hall–Kier alpha value is -2.94. The molecule has 1 saturated heterocycles. The van der Waals surface area contributed by atoms with Crippen LogP contribution >= 0.6 is 0 Å². The highest BCUT2D eigenvalue weighted by atomic mass is 32.2. The molecule has 0 amide bonds. The molecule has 36 heavy (non-hydrogen) atoms. The molecule has 1 fully saturated rings. The Bertz CT molecular complexity index is 1380. The van der Waals surface area contributed by atoms with E-state index in [0.29, 0.717) is 12.5 Å². The number of hydrogen-bond donors (Lipinski definition) is 0. The minimum atomic E-state index is -1.26. The van der Waals surface area contributed by atoms with E-state index in [1.54, 1.807) is 18.3 Å². The number of aromatic nitrogens is 3. The molecule has 0 spiro atoms. The number of aryl methyl sites for hydroxylation is 2. The molecular weight excluding hydrogens is 473 g/mol. The number of hydrogen-bond acceptors (Lipinski definition) is 4. The predicted octanol–water partition coefficient (Wildman–Crippen LogP) is 5.21. The Labute approximate surface area is 214 Å². The standard InChI is InChI=1S/C28H32FN5OS/c1-19(2)17-32-11-12-33(36(35)25-10-5-21(4)30-16-25)18-28(32)26-14-22-15-31-34(27(22)13-20(26)3)24-8-6-23(29)7-9-24/h5-10,13-16,19,28H,11-12,17-18H2,1-4H3. The van der Waals surface area contributed by atoms with Crippen molar-refractivity contribution in [1.29, 1.82) is 0 Å². The molecule has 1 aliphatic rings. The third kappa shape index (κ3) is 4.98. The van der Waals surface area contributed by atoms with Crippen LogP contribution in [0, 0.1) is 25.6 Å². The van der Waals surface area contributed by atoms with Crippen molar-refractivity contribution >= 4 is 21.9 Å². The Kier molecular flexibility index (Phi) is 7.01. The molecule has 2 atom stereocenters. The van der Waals surface area contributed by atoms with Crippen molar-refractivity contribution < 1.29 is 8.60 Å². The largest absolute Gasteiger partial charge is 0.293 e. The molecule has 2 aromatic carbocycles. The van der Waals surface area contributed by atoms with Crippen LogP contribution in [0.5, 0.6) is 0 Å². The Morgan fingerprint density at radius 3 is 2.53 bits per heavy atom. The monoisotopic (exact) mass is 505 g/mol.